The summed E-state index contributed by atoms with van der Waals surface area (Å²) in [6, 6.07) is 1.11. The molecule has 1 aromatic rings. The van der Waals surface area contributed by atoms with Gasteiger partial charge in [0.1, 0.15) is 0 Å². The molecule has 120 valence electrons. The van der Waals surface area contributed by atoms with Gasteiger partial charge in [-0.2, -0.15) is 5.06 Å². The Morgan fingerprint density at radius 1 is 1.38 bits per heavy atom. The third-order valence-electron chi connectivity index (χ3n) is 2.66. The first kappa shape index (κ1) is 17.6. The van der Waals surface area contributed by atoms with Crippen LogP contribution in [0.1, 0.15) is 13.8 Å². The van der Waals surface area contributed by atoms with E-state index in [9.17, 15) is 4.79 Å². The smallest absolute Gasteiger partial charge is 0.358 e. The molecule has 0 unspecified atom stereocenters. The molecule has 0 radical (unpaired) electrons. The predicted octanol–water partition coefficient (Wildman–Crippen LogP) is 1.39. The topological polar surface area (TPSA) is 82.4 Å². The quantitative estimate of drug-likeness (QED) is 0.409. The maximum atomic E-state index is 11.7. The first-order valence-corrected chi connectivity index (χ1v) is 10.7. The van der Waals surface area contributed by atoms with E-state index in [0.717, 1.165) is 11.1 Å². The van der Waals surface area contributed by atoms with E-state index >= 15 is 0 Å². The van der Waals surface area contributed by atoms with Crippen LogP contribution in [0, 0.1) is 5.92 Å². The Morgan fingerprint density at radius 2 is 2.05 bits per heavy atom. The van der Waals surface area contributed by atoms with E-state index in [1.165, 1.54) is 11.8 Å². The molecule has 0 N–H and O–H groups in total. The summed E-state index contributed by atoms with van der Waals surface area (Å²) in [4.78, 5) is 18.2. The number of carbonyl (C=O) groups excluding carboxylic acids is 1. The van der Waals surface area contributed by atoms with Gasteiger partial charge >= 0.3 is 6.01 Å². The lowest BCUT2D eigenvalue weighted by Crippen LogP contribution is -2.33. The molecule has 1 amide bonds. The van der Waals surface area contributed by atoms with Crippen molar-refractivity contribution in [3.63, 3.8) is 0 Å². The average molecular weight is 315 g/mol. The molecule has 21 heavy (non-hydrogen) atoms. The molecule has 0 spiro atoms. The summed E-state index contributed by atoms with van der Waals surface area (Å²) < 4.78 is 5.50. The Hall–Kier alpha value is -1.48. The second kappa shape index (κ2) is 7.50. The second-order valence-corrected chi connectivity index (χ2v) is 12.0. The molecule has 0 aliphatic carbocycles. The molecule has 0 atom stereocenters. The van der Waals surface area contributed by atoms with Crippen molar-refractivity contribution in [1.29, 1.82) is 0 Å². The number of carbonyl (C=O) groups is 1. The van der Waals surface area contributed by atoms with Gasteiger partial charge in [-0.1, -0.05) is 43.7 Å². The van der Waals surface area contributed by atoms with Gasteiger partial charge in [-0.05, 0) is 11.3 Å². The van der Waals surface area contributed by atoms with Gasteiger partial charge < -0.3 is 9.57 Å². The van der Waals surface area contributed by atoms with Crippen molar-refractivity contribution in [2.75, 3.05) is 13.7 Å². The lowest BCUT2D eigenvalue weighted by molar-refractivity contribution is -0.157. The van der Waals surface area contributed by atoms with E-state index in [0.29, 0.717) is 6.61 Å². The molecular weight excluding hydrogens is 290 g/mol. The second-order valence-electron chi connectivity index (χ2n) is 6.37. The minimum absolute atomic E-state index is 0.0281. The normalized spacial score (nSPS) is 11.8. The third-order valence-corrected chi connectivity index (χ3v) is 4.36. The van der Waals surface area contributed by atoms with Crippen molar-refractivity contribution < 1.29 is 14.4 Å². The summed E-state index contributed by atoms with van der Waals surface area (Å²) in [6.07, 6.45) is 0. The van der Waals surface area contributed by atoms with E-state index in [2.05, 4.69) is 35.1 Å². The number of tetrazole rings is 1. The van der Waals surface area contributed by atoms with Crippen LogP contribution in [0.5, 0.6) is 6.01 Å². The fourth-order valence-corrected chi connectivity index (χ4v) is 2.13. The van der Waals surface area contributed by atoms with Gasteiger partial charge in [0.2, 0.25) is 0 Å². The van der Waals surface area contributed by atoms with Crippen LogP contribution in [0.15, 0.2) is 0 Å². The van der Waals surface area contributed by atoms with Crippen molar-refractivity contribution in [1.82, 2.24) is 25.3 Å². The average Bonchev–Trinajstić information content (AvgIpc) is 2.80. The molecular formula is C12H25N5O3Si. The van der Waals surface area contributed by atoms with E-state index in [-0.39, 0.29) is 24.6 Å². The Labute approximate surface area is 126 Å². The first-order chi connectivity index (χ1) is 9.69. The standard InChI is InChI=1S/C12H25N5O3Si/c1-10(2)11(18)16(3)20-12-13-15-17(14-12)9-19-7-8-21(4,5)6/h10H,7-9H2,1-6H3. The van der Waals surface area contributed by atoms with E-state index in [1.54, 1.807) is 13.8 Å². The summed E-state index contributed by atoms with van der Waals surface area (Å²) in [7, 11) is 0.426. The molecule has 0 saturated heterocycles. The van der Waals surface area contributed by atoms with Crippen LogP contribution >= 0.6 is 0 Å². The maximum absolute atomic E-state index is 11.7. The number of nitrogens with zero attached hydrogens (tertiary/aromatic N) is 5. The van der Waals surface area contributed by atoms with Gasteiger partial charge in [0.15, 0.2) is 6.73 Å². The summed E-state index contributed by atoms with van der Waals surface area (Å²) >= 11 is 0. The molecule has 1 aromatic heterocycles. The highest BCUT2D eigenvalue weighted by Gasteiger charge is 2.17. The molecule has 8 nitrogen and oxygen atoms in total. The molecule has 1 heterocycles. The minimum Gasteiger partial charge on any atom is -0.358 e. The number of hydrogen-bond donors (Lipinski definition) is 0. The van der Waals surface area contributed by atoms with Gasteiger partial charge in [-0.15, -0.1) is 4.80 Å². The van der Waals surface area contributed by atoms with Crippen molar-refractivity contribution >= 4 is 14.0 Å². The number of hydroxylamine groups is 2. The molecule has 0 aliphatic rings. The highest BCUT2D eigenvalue weighted by atomic mass is 28.3. The summed E-state index contributed by atoms with van der Waals surface area (Å²) in [6.45, 7) is 11.4. The Morgan fingerprint density at radius 3 is 2.62 bits per heavy atom. The third kappa shape index (κ3) is 6.67. The molecule has 0 aliphatic heterocycles. The van der Waals surface area contributed by atoms with Crippen molar-refractivity contribution in [2.45, 2.75) is 46.3 Å². The summed E-state index contributed by atoms with van der Waals surface area (Å²) in [5.41, 5.74) is 0. The van der Waals surface area contributed by atoms with Crippen molar-refractivity contribution in [2.24, 2.45) is 5.92 Å². The van der Waals surface area contributed by atoms with Crippen LogP contribution in [-0.4, -0.2) is 52.9 Å². The largest absolute Gasteiger partial charge is 0.381 e. The van der Waals surface area contributed by atoms with Crippen LogP contribution in [-0.2, 0) is 16.3 Å². The monoisotopic (exact) mass is 315 g/mol. The van der Waals surface area contributed by atoms with E-state index < -0.39 is 8.07 Å². The Bertz CT molecular complexity index is 458. The number of ether oxygens (including phenoxy) is 1. The molecule has 9 heteroatoms. The molecule has 0 fully saturated rings. The van der Waals surface area contributed by atoms with Crippen LogP contribution in [0.2, 0.25) is 25.7 Å². The molecule has 0 aromatic carbocycles. The van der Waals surface area contributed by atoms with Crippen LogP contribution in [0.25, 0.3) is 0 Å². The van der Waals surface area contributed by atoms with Gasteiger partial charge in [0, 0.05) is 27.6 Å². The zero-order chi connectivity index (χ0) is 16.0. The highest BCUT2D eigenvalue weighted by molar-refractivity contribution is 6.76. The maximum Gasteiger partial charge on any atom is 0.381 e. The van der Waals surface area contributed by atoms with Gasteiger partial charge in [0.25, 0.3) is 5.91 Å². The summed E-state index contributed by atoms with van der Waals surface area (Å²) in [5, 5.41) is 12.6. The van der Waals surface area contributed by atoms with Crippen molar-refractivity contribution in [3.05, 3.63) is 0 Å². The van der Waals surface area contributed by atoms with Crippen molar-refractivity contribution in [3.8, 4) is 6.01 Å². The van der Waals surface area contributed by atoms with Gasteiger partial charge in [-0.25, -0.2) is 0 Å². The number of amides is 1. The zero-order valence-electron chi connectivity index (χ0n) is 13.7. The Kier molecular flexibility index (Phi) is 6.28. The summed E-state index contributed by atoms with van der Waals surface area (Å²) in [5.74, 6) is -0.312. The molecule has 1 rings (SSSR count). The lowest BCUT2D eigenvalue weighted by Gasteiger charge is -2.16. The van der Waals surface area contributed by atoms with Gasteiger partial charge in [0.05, 0.1) is 0 Å². The van der Waals surface area contributed by atoms with Gasteiger partial charge in [-0.3, -0.25) is 4.79 Å². The first-order valence-electron chi connectivity index (χ1n) is 7.00. The fourth-order valence-electron chi connectivity index (χ4n) is 1.38. The fraction of sp³-hybridized carbons (Fsp3) is 0.833. The zero-order valence-corrected chi connectivity index (χ0v) is 14.7. The van der Waals surface area contributed by atoms with Crippen LogP contribution in [0.4, 0.5) is 0 Å². The van der Waals surface area contributed by atoms with Crippen LogP contribution in [0.3, 0.4) is 0 Å². The molecule has 0 bridgehead atoms. The SMILES string of the molecule is CC(C)C(=O)N(C)Oc1nnn(COCC[Si](C)(C)C)n1. The number of hydrogen-bond acceptors (Lipinski definition) is 6. The molecule has 0 saturated carbocycles. The minimum atomic E-state index is -1.09. The number of rotatable bonds is 8. The van der Waals surface area contributed by atoms with Crippen LogP contribution < -0.4 is 4.84 Å². The predicted molar refractivity (Wildman–Crippen MR) is 80.2 cm³/mol. The lowest BCUT2D eigenvalue weighted by atomic mass is 10.2. The highest BCUT2D eigenvalue weighted by Crippen LogP contribution is 2.08. The number of aromatic nitrogens is 4. The Balaban J connectivity index is 2.38. The van der Waals surface area contributed by atoms with E-state index in [1.807, 2.05) is 0 Å². The van der Waals surface area contributed by atoms with E-state index in [4.69, 9.17) is 9.57 Å².